The smallest absolute Gasteiger partial charge is 0.306 e. The van der Waals surface area contributed by atoms with Crippen LogP contribution in [0.15, 0.2) is 41.3 Å². The zero-order valence-corrected chi connectivity index (χ0v) is 25.6. The third-order valence-electron chi connectivity index (χ3n) is 8.47. The summed E-state index contributed by atoms with van der Waals surface area (Å²) < 4.78 is 42.7. The highest BCUT2D eigenvalue weighted by Gasteiger charge is 2.36. The van der Waals surface area contributed by atoms with E-state index in [4.69, 9.17) is 4.98 Å². The second-order valence-electron chi connectivity index (χ2n) is 12.3. The van der Waals surface area contributed by atoms with Crippen molar-refractivity contribution in [3.05, 3.63) is 47.1 Å². The SMILES string of the molecule is CC(C)(CCF)NS(=O)(=O)c1ccc(-c2sc(C(=O)N[C@H]3C[C@H](C(=O)O)C3)nc2CC2CCCCC2)c2ccccc12. The van der Waals surface area contributed by atoms with Crippen molar-refractivity contribution in [1.82, 2.24) is 15.0 Å². The number of aromatic nitrogens is 1. The van der Waals surface area contributed by atoms with E-state index in [1.54, 1.807) is 38.1 Å². The minimum atomic E-state index is -3.96. The molecule has 1 amide bonds. The Labute approximate surface area is 250 Å². The van der Waals surface area contributed by atoms with Crippen molar-refractivity contribution in [3.63, 3.8) is 0 Å². The summed E-state index contributed by atoms with van der Waals surface area (Å²) in [6.07, 6.45) is 7.38. The van der Waals surface area contributed by atoms with E-state index < -0.39 is 34.1 Å². The van der Waals surface area contributed by atoms with E-state index in [0.29, 0.717) is 29.2 Å². The summed E-state index contributed by atoms with van der Waals surface area (Å²) in [6, 6.07) is 10.5. The predicted octanol–water partition coefficient (Wildman–Crippen LogP) is 6.10. The largest absolute Gasteiger partial charge is 0.481 e. The third kappa shape index (κ3) is 6.68. The molecule has 2 saturated carbocycles. The molecule has 0 saturated heterocycles. The van der Waals surface area contributed by atoms with Crippen LogP contribution in [0.4, 0.5) is 4.39 Å². The summed E-state index contributed by atoms with van der Waals surface area (Å²) in [7, 11) is -3.96. The maximum Gasteiger partial charge on any atom is 0.306 e. The van der Waals surface area contributed by atoms with E-state index >= 15 is 0 Å². The maximum atomic E-state index is 13.5. The van der Waals surface area contributed by atoms with E-state index in [1.165, 1.54) is 30.6 Å². The van der Waals surface area contributed by atoms with Crippen molar-refractivity contribution in [3.8, 4) is 10.4 Å². The van der Waals surface area contributed by atoms with Crippen LogP contribution in [-0.4, -0.2) is 48.6 Å². The molecule has 11 heteroatoms. The van der Waals surface area contributed by atoms with Gasteiger partial charge in [-0.05, 0) is 56.9 Å². The molecule has 226 valence electrons. The summed E-state index contributed by atoms with van der Waals surface area (Å²) in [6.45, 7) is 2.68. The number of nitrogens with zero attached hydrogens (tertiary/aromatic N) is 1. The number of aliphatic carboxylic acids is 1. The van der Waals surface area contributed by atoms with Crippen molar-refractivity contribution in [2.24, 2.45) is 11.8 Å². The highest BCUT2D eigenvalue weighted by atomic mass is 32.2. The van der Waals surface area contributed by atoms with Gasteiger partial charge < -0.3 is 10.4 Å². The lowest BCUT2D eigenvalue weighted by molar-refractivity contribution is -0.145. The fourth-order valence-electron chi connectivity index (χ4n) is 6.06. The Morgan fingerprint density at radius 1 is 1.07 bits per heavy atom. The number of rotatable bonds is 11. The van der Waals surface area contributed by atoms with Gasteiger partial charge in [0.2, 0.25) is 10.0 Å². The molecular weight excluding hydrogens is 577 g/mol. The van der Waals surface area contributed by atoms with E-state index in [0.717, 1.165) is 40.8 Å². The molecule has 3 N–H and O–H groups in total. The Morgan fingerprint density at radius 2 is 1.76 bits per heavy atom. The molecule has 2 fully saturated rings. The molecule has 2 aliphatic carbocycles. The Bertz CT molecular complexity index is 1570. The van der Waals surface area contributed by atoms with Gasteiger partial charge in [-0.15, -0.1) is 11.3 Å². The lowest BCUT2D eigenvalue weighted by atomic mass is 9.80. The van der Waals surface area contributed by atoms with Gasteiger partial charge in [0.25, 0.3) is 5.91 Å². The number of carbonyl (C=O) groups excluding carboxylic acids is 1. The van der Waals surface area contributed by atoms with E-state index in [-0.39, 0.29) is 23.3 Å². The van der Waals surface area contributed by atoms with Crippen molar-refractivity contribution in [1.29, 1.82) is 0 Å². The van der Waals surface area contributed by atoms with Crippen molar-refractivity contribution < 1.29 is 27.5 Å². The first-order valence-corrected chi connectivity index (χ1v) is 16.9. The molecule has 0 aliphatic heterocycles. The van der Waals surface area contributed by atoms with Gasteiger partial charge in [-0.3, -0.25) is 14.0 Å². The van der Waals surface area contributed by atoms with Crippen LogP contribution in [0.1, 0.15) is 80.7 Å². The van der Waals surface area contributed by atoms with Crippen LogP contribution in [0.2, 0.25) is 0 Å². The average molecular weight is 616 g/mol. The number of hydrogen-bond acceptors (Lipinski definition) is 6. The van der Waals surface area contributed by atoms with Gasteiger partial charge in [-0.25, -0.2) is 18.1 Å². The first-order valence-electron chi connectivity index (χ1n) is 14.6. The number of carboxylic acids is 1. The van der Waals surface area contributed by atoms with E-state index in [2.05, 4.69) is 10.0 Å². The van der Waals surface area contributed by atoms with Gasteiger partial charge in [-0.2, -0.15) is 0 Å². The number of benzene rings is 2. The molecule has 0 radical (unpaired) electrons. The van der Waals surface area contributed by atoms with E-state index in [9.17, 15) is 27.5 Å². The highest BCUT2D eigenvalue weighted by molar-refractivity contribution is 7.89. The molecule has 5 rings (SSSR count). The molecule has 3 aromatic rings. The number of nitrogens with one attached hydrogen (secondary N) is 2. The monoisotopic (exact) mass is 615 g/mol. The van der Waals surface area contributed by atoms with Gasteiger partial charge in [0.1, 0.15) is 0 Å². The number of alkyl halides is 1. The van der Waals surface area contributed by atoms with Crippen LogP contribution in [0.5, 0.6) is 0 Å². The second-order valence-corrected chi connectivity index (χ2v) is 14.9. The van der Waals surface area contributed by atoms with Gasteiger partial charge >= 0.3 is 5.97 Å². The van der Waals surface area contributed by atoms with Crippen LogP contribution in [0.25, 0.3) is 21.2 Å². The summed E-state index contributed by atoms with van der Waals surface area (Å²) in [5.41, 5.74) is 0.687. The number of thiazole rings is 1. The summed E-state index contributed by atoms with van der Waals surface area (Å²) in [4.78, 5) is 30.2. The topological polar surface area (TPSA) is 125 Å². The molecule has 0 atom stereocenters. The van der Waals surface area contributed by atoms with Crippen LogP contribution < -0.4 is 10.0 Å². The number of fused-ring (bicyclic) bond motifs is 1. The summed E-state index contributed by atoms with van der Waals surface area (Å²) >= 11 is 1.29. The first-order chi connectivity index (χ1) is 20.0. The van der Waals surface area contributed by atoms with Gasteiger partial charge in [0.05, 0.1) is 28.1 Å². The number of hydrogen-bond donors (Lipinski definition) is 3. The summed E-state index contributed by atoms with van der Waals surface area (Å²) in [5.74, 6) is -1.12. The highest BCUT2D eigenvalue weighted by Crippen LogP contribution is 2.40. The fourth-order valence-corrected chi connectivity index (χ4v) is 8.75. The number of carboxylic acid groups (broad SMARTS) is 1. The molecule has 1 heterocycles. The number of halogens is 1. The van der Waals surface area contributed by atoms with Gasteiger partial charge in [0, 0.05) is 22.5 Å². The fraction of sp³-hybridized carbons (Fsp3) is 0.516. The number of carbonyl (C=O) groups is 2. The molecule has 0 bridgehead atoms. The van der Waals surface area contributed by atoms with Crippen LogP contribution >= 0.6 is 11.3 Å². The molecule has 0 unspecified atom stereocenters. The molecule has 42 heavy (non-hydrogen) atoms. The quantitative estimate of drug-likeness (QED) is 0.240. The molecule has 1 aromatic heterocycles. The molecule has 2 aromatic carbocycles. The average Bonchev–Trinajstić information content (AvgIpc) is 3.32. The Morgan fingerprint density at radius 3 is 2.43 bits per heavy atom. The first kappa shape index (κ1) is 30.6. The minimum Gasteiger partial charge on any atom is -0.481 e. The van der Waals surface area contributed by atoms with Crippen LogP contribution in [0, 0.1) is 11.8 Å². The second kappa shape index (κ2) is 12.4. The Kier molecular flexibility index (Phi) is 9.01. The normalized spacial score (nSPS) is 19.9. The molecule has 0 spiro atoms. The van der Waals surface area contributed by atoms with Crippen LogP contribution in [-0.2, 0) is 21.2 Å². The Balaban J connectivity index is 1.52. The minimum absolute atomic E-state index is 0.0519. The summed E-state index contributed by atoms with van der Waals surface area (Å²) in [5, 5.41) is 13.7. The zero-order valence-electron chi connectivity index (χ0n) is 24.0. The zero-order chi connectivity index (χ0) is 30.1. The maximum absolute atomic E-state index is 13.5. The van der Waals surface area contributed by atoms with Gasteiger partial charge in [-0.1, -0.05) is 62.4 Å². The number of sulfonamides is 1. The van der Waals surface area contributed by atoms with Crippen LogP contribution in [0.3, 0.4) is 0 Å². The molecular formula is C31H38FN3O5S2. The predicted molar refractivity (Wildman–Crippen MR) is 162 cm³/mol. The lowest BCUT2D eigenvalue weighted by Gasteiger charge is -2.32. The third-order valence-corrected chi connectivity index (χ3v) is 11.4. The lowest BCUT2D eigenvalue weighted by Crippen LogP contribution is -2.46. The van der Waals surface area contributed by atoms with Crippen molar-refractivity contribution in [2.45, 2.75) is 88.1 Å². The van der Waals surface area contributed by atoms with Crippen molar-refractivity contribution >= 4 is 44.0 Å². The van der Waals surface area contributed by atoms with Crippen molar-refractivity contribution in [2.75, 3.05) is 6.67 Å². The number of amides is 1. The van der Waals surface area contributed by atoms with E-state index in [1.807, 2.05) is 12.1 Å². The Hall–Kier alpha value is -2.89. The standard InChI is InChI=1S/C31H38FN3O5S2/c1-31(2,14-15-32)35-42(39,40)26-13-12-24(22-10-6-7-11-23(22)26)27-25(16-19-8-4-3-5-9-19)34-29(41-27)28(36)33-21-17-20(18-21)30(37)38/h6-7,10-13,19-21,35H,3-5,8-9,14-18H2,1-2H3,(H,33,36)(H,37,38)/t20-,21-. The van der Waals surface area contributed by atoms with Gasteiger partial charge in [0.15, 0.2) is 5.01 Å². The molecule has 8 nitrogen and oxygen atoms in total. The molecule has 2 aliphatic rings.